The second-order valence-corrected chi connectivity index (χ2v) is 4.92. The lowest BCUT2D eigenvalue weighted by molar-refractivity contribution is -0.138. The van der Waals surface area contributed by atoms with E-state index in [0.29, 0.717) is 0 Å². The van der Waals surface area contributed by atoms with Gasteiger partial charge in [0.05, 0.1) is 11.1 Å². The van der Waals surface area contributed by atoms with Crippen molar-refractivity contribution in [2.75, 3.05) is 13.6 Å². The number of rotatable bonds is 3. The Labute approximate surface area is 110 Å². The maximum absolute atomic E-state index is 12.9. The maximum atomic E-state index is 12.9. The van der Waals surface area contributed by atoms with Crippen molar-refractivity contribution in [3.63, 3.8) is 0 Å². The molecular formula is C13H17F3N2O. The van der Waals surface area contributed by atoms with Crippen molar-refractivity contribution in [1.29, 1.82) is 0 Å². The Bertz CT molecular complexity index is 469. The predicted molar refractivity (Wildman–Crippen MR) is 66.7 cm³/mol. The lowest BCUT2D eigenvalue weighted by atomic mass is 10.00. The highest BCUT2D eigenvalue weighted by Crippen LogP contribution is 2.32. The summed E-state index contributed by atoms with van der Waals surface area (Å²) in [5.41, 5.74) is 3.53. The molecule has 0 aromatic heterocycles. The normalized spacial score (nSPS) is 12.4. The lowest BCUT2D eigenvalue weighted by Crippen LogP contribution is -2.50. The van der Waals surface area contributed by atoms with Crippen LogP contribution in [0.2, 0.25) is 0 Å². The summed E-state index contributed by atoms with van der Waals surface area (Å²) >= 11 is 0. The quantitative estimate of drug-likeness (QED) is 0.920. The number of amides is 1. The summed E-state index contributed by atoms with van der Waals surface area (Å²) in [6.07, 6.45) is -4.56. The van der Waals surface area contributed by atoms with Crippen LogP contribution in [-0.4, -0.2) is 29.9 Å². The van der Waals surface area contributed by atoms with Crippen LogP contribution in [0.15, 0.2) is 24.3 Å². The number of nitrogens with zero attached hydrogens (tertiary/aromatic N) is 1. The van der Waals surface area contributed by atoms with Crippen molar-refractivity contribution >= 4 is 5.91 Å². The van der Waals surface area contributed by atoms with Gasteiger partial charge in [0.15, 0.2) is 0 Å². The number of hydrogen-bond donors (Lipinski definition) is 1. The van der Waals surface area contributed by atoms with Gasteiger partial charge in [-0.05, 0) is 26.0 Å². The van der Waals surface area contributed by atoms with Gasteiger partial charge >= 0.3 is 6.18 Å². The predicted octanol–water partition coefficient (Wildman–Crippen LogP) is 2.51. The van der Waals surface area contributed by atoms with E-state index in [4.69, 9.17) is 5.73 Å². The van der Waals surface area contributed by atoms with Crippen molar-refractivity contribution in [3.8, 4) is 0 Å². The molecular weight excluding hydrogens is 257 g/mol. The first-order chi connectivity index (χ1) is 8.61. The van der Waals surface area contributed by atoms with Crippen LogP contribution in [0.4, 0.5) is 13.2 Å². The monoisotopic (exact) mass is 274 g/mol. The summed E-state index contributed by atoms with van der Waals surface area (Å²) in [6, 6.07) is 4.74. The number of hydrogen-bond acceptors (Lipinski definition) is 2. The van der Waals surface area contributed by atoms with Crippen LogP contribution < -0.4 is 5.73 Å². The Morgan fingerprint density at radius 2 is 1.79 bits per heavy atom. The summed E-state index contributed by atoms with van der Waals surface area (Å²) in [5.74, 6) is -0.691. The van der Waals surface area contributed by atoms with Gasteiger partial charge in [-0.25, -0.2) is 0 Å². The Kier molecular flexibility index (Phi) is 4.25. The number of halogens is 3. The Morgan fingerprint density at radius 3 is 2.26 bits per heavy atom. The van der Waals surface area contributed by atoms with Gasteiger partial charge < -0.3 is 10.6 Å². The number of carbonyl (C=O) groups excluding carboxylic acids is 1. The minimum Gasteiger partial charge on any atom is -0.335 e. The largest absolute Gasteiger partial charge is 0.417 e. The number of likely N-dealkylation sites (N-methyl/N-ethyl adjacent to an activating group) is 1. The third-order valence-electron chi connectivity index (χ3n) is 3.18. The molecule has 0 heterocycles. The first kappa shape index (κ1) is 15.5. The maximum Gasteiger partial charge on any atom is 0.417 e. The van der Waals surface area contributed by atoms with E-state index < -0.39 is 23.2 Å². The second-order valence-electron chi connectivity index (χ2n) is 4.92. The highest BCUT2D eigenvalue weighted by atomic mass is 19.4. The van der Waals surface area contributed by atoms with Crippen LogP contribution in [0, 0.1) is 0 Å². The fraction of sp³-hybridized carbons (Fsp3) is 0.462. The van der Waals surface area contributed by atoms with Gasteiger partial charge in [-0.2, -0.15) is 13.2 Å². The van der Waals surface area contributed by atoms with Gasteiger partial charge in [0.25, 0.3) is 5.91 Å². The molecule has 0 saturated heterocycles. The zero-order chi connectivity index (χ0) is 14.8. The standard InChI is InChI=1S/C13H17F3N2O/c1-12(2,8-17)18(3)11(19)9-6-4-5-7-10(9)13(14,15)16/h4-7H,8,17H2,1-3H3. The zero-order valence-electron chi connectivity index (χ0n) is 11.1. The van der Waals surface area contributed by atoms with Crippen LogP contribution >= 0.6 is 0 Å². The van der Waals surface area contributed by atoms with Crippen LogP contribution in [0.3, 0.4) is 0 Å². The molecule has 0 spiro atoms. The van der Waals surface area contributed by atoms with E-state index in [1.807, 2.05) is 0 Å². The van der Waals surface area contributed by atoms with E-state index >= 15 is 0 Å². The molecule has 0 fully saturated rings. The molecule has 106 valence electrons. The Morgan fingerprint density at radius 1 is 1.26 bits per heavy atom. The van der Waals surface area contributed by atoms with Crippen molar-refractivity contribution < 1.29 is 18.0 Å². The van der Waals surface area contributed by atoms with Crippen LogP contribution in [0.25, 0.3) is 0 Å². The van der Waals surface area contributed by atoms with E-state index in [0.717, 1.165) is 6.07 Å². The molecule has 2 N–H and O–H groups in total. The third-order valence-corrected chi connectivity index (χ3v) is 3.18. The average molecular weight is 274 g/mol. The number of benzene rings is 1. The molecule has 0 saturated carbocycles. The molecule has 1 aromatic carbocycles. The van der Waals surface area contributed by atoms with E-state index in [-0.39, 0.29) is 12.1 Å². The molecule has 0 aliphatic rings. The van der Waals surface area contributed by atoms with E-state index in [1.165, 1.54) is 30.1 Å². The lowest BCUT2D eigenvalue weighted by Gasteiger charge is -2.35. The van der Waals surface area contributed by atoms with E-state index in [1.54, 1.807) is 13.8 Å². The first-order valence-electron chi connectivity index (χ1n) is 5.75. The number of alkyl halides is 3. The minimum atomic E-state index is -4.56. The average Bonchev–Trinajstić information content (AvgIpc) is 2.36. The van der Waals surface area contributed by atoms with Gasteiger partial charge in [0.2, 0.25) is 0 Å². The summed E-state index contributed by atoms with van der Waals surface area (Å²) < 4.78 is 38.6. The zero-order valence-corrected chi connectivity index (χ0v) is 11.1. The molecule has 3 nitrogen and oxygen atoms in total. The van der Waals surface area contributed by atoms with Crippen LogP contribution in [0.1, 0.15) is 29.8 Å². The molecule has 0 bridgehead atoms. The minimum absolute atomic E-state index is 0.156. The van der Waals surface area contributed by atoms with Crippen LogP contribution in [0.5, 0.6) is 0 Å². The molecule has 0 radical (unpaired) electrons. The van der Waals surface area contributed by atoms with Gasteiger partial charge in [0.1, 0.15) is 0 Å². The molecule has 6 heteroatoms. The molecule has 0 aliphatic carbocycles. The summed E-state index contributed by atoms with van der Waals surface area (Å²) in [4.78, 5) is 13.4. The van der Waals surface area contributed by atoms with E-state index in [9.17, 15) is 18.0 Å². The molecule has 0 unspecified atom stereocenters. The Hall–Kier alpha value is -1.56. The van der Waals surface area contributed by atoms with Gasteiger partial charge in [-0.1, -0.05) is 12.1 Å². The number of carbonyl (C=O) groups is 1. The summed E-state index contributed by atoms with van der Waals surface area (Å²) in [6.45, 7) is 3.55. The van der Waals surface area contributed by atoms with Gasteiger partial charge in [-0.15, -0.1) is 0 Å². The van der Waals surface area contributed by atoms with Crippen molar-refractivity contribution in [1.82, 2.24) is 4.90 Å². The molecule has 1 rings (SSSR count). The molecule has 19 heavy (non-hydrogen) atoms. The first-order valence-corrected chi connectivity index (χ1v) is 5.75. The Balaban J connectivity index is 3.21. The van der Waals surface area contributed by atoms with Crippen molar-refractivity contribution in [3.05, 3.63) is 35.4 Å². The summed E-state index contributed by atoms with van der Waals surface area (Å²) in [5, 5.41) is 0. The molecule has 1 aromatic rings. The SMILES string of the molecule is CN(C(=O)c1ccccc1C(F)(F)F)C(C)(C)CN. The smallest absolute Gasteiger partial charge is 0.335 e. The van der Waals surface area contributed by atoms with Gasteiger partial charge in [0, 0.05) is 19.1 Å². The highest BCUT2D eigenvalue weighted by Gasteiger charge is 2.37. The molecule has 0 atom stereocenters. The van der Waals surface area contributed by atoms with Gasteiger partial charge in [-0.3, -0.25) is 4.79 Å². The van der Waals surface area contributed by atoms with Crippen molar-refractivity contribution in [2.45, 2.75) is 25.6 Å². The second kappa shape index (κ2) is 5.21. The molecule has 0 aliphatic heterocycles. The highest BCUT2D eigenvalue weighted by molar-refractivity contribution is 5.96. The topological polar surface area (TPSA) is 46.3 Å². The molecule has 1 amide bonds. The third kappa shape index (κ3) is 3.26. The fourth-order valence-corrected chi connectivity index (χ4v) is 1.51. The van der Waals surface area contributed by atoms with Crippen molar-refractivity contribution in [2.24, 2.45) is 5.73 Å². The van der Waals surface area contributed by atoms with Crippen LogP contribution in [-0.2, 0) is 6.18 Å². The summed E-state index contributed by atoms with van der Waals surface area (Å²) in [7, 11) is 1.45. The number of nitrogens with two attached hydrogens (primary N) is 1. The fourth-order valence-electron chi connectivity index (χ4n) is 1.51. The van der Waals surface area contributed by atoms with E-state index in [2.05, 4.69) is 0 Å².